The largest absolute Gasteiger partial charge is 0.383 e. The Morgan fingerprint density at radius 1 is 1.42 bits per heavy atom. The van der Waals surface area contributed by atoms with Gasteiger partial charge in [0.05, 0.1) is 5.03 Å². The van der Waals surface area contributed by atoms with Crippen molar-refractivity contribution in [3.05, 3.63) is 41.4 Å². The molecule has 0 aliphatic rings. The average Bonchev–Trinajstić information content (AvgIpc) is 2.09. The second kappa shape index (κ2) is 4.21. The first-order chi connectivity index (χ1) is 5.74. The van der Waals surface area contributed by atoms with Crippen molar-refractivity contribution in [2.45, 2.75) is 11.8 Å². The molecule has 1 N–H and O–H groups in total. The Balaban J connectivity index is 2.75. The Morgan fingerprint density at radius 3 is 2.67 bits per heavy atom. The van der Waals surface area contributed by atoms with Crippen LogP contribution in [0.4, 0.5) is 0 Å². The highest BCUT2D eigenvalue weighted by Crippen LogP contribution is 2.25. The van der Waals surface area contributed by atoms with E-state index < -0.39 is 0 Å². The van der Waals surface area contributed by atoms with Gasteiger partial charge in [0.25, 0.3) is 0 Å². The lowest BCUT2D eigenvalue weighted by molar-refractivity contribution is 1.08. The van der Waals surface area contributed by atoms with E-state index in [0.717, 1.165) is 5.03 Å². The van der Waals surface area contributed by atoms with Crippen molar-refractivity contribution in [3.63, 3.8) is 0 Å². The topological polar surface area (TPSA) is 12.0 Å². The number of thioether (sulfide) groups is 1. The predicted octanol–water partition coefficient (Wildman–Crippen LogP) is 2.78. The summed E-state index contributed by atoms with van der Waals surface area (Å²) in [6.45, 7) is 5.96. The van der Waals surface area contributed by atoms with Gasteiger partial charge in [0.1, 0.15) is 0 Å². The summed E-state index contributed by atoms with van der Waals surface area (Å²) in [5.74, 6) is 0. The van der Waals surface area contributed by atoms with Gasteiger partial charge in [-0.05, 0) is 18.6 Å². The molecule has 0 spiro atoms. The molecule has 0 fully saturated rings. The number of hydrogen-bond donors (Lipinski definition) is 1. The lowest BCUT2D eigenvalue weighted by atomic mass is 10.2. The van der Waals surface area contributed by atoms with E-state index in [1.165, 1.54) is 10.5 Å². The Kier molecular flexibility index (Phi) is 3.23. The zero-order chi connectivity index (χ0) is 8.97. The van der Waals surface area contributed by atoms with Crippen LogP contribution in [0.5, 0.6) is 0 Å². The number of nitrogens with one attached hydrogen (secondary N) is 1. The molecule has 0 amide bonds. The van der Waals surface area contributed by atoms with Crippen molar-refractivity contribution in [1.29, 1.82) is 0 Å². The summed E-state index contributed by atoms with van der Waals surface area (Å²) in [5, 5.41) is 3.99. The molecule has 1 aromatic rings. The van der Waals surface area contributed by atoms with Gasteiger partial charge in [-0.25, -0.2) is 0 Å². The Hall–Kier alpha value is -0.890. The molecule has 0 unspecified atom stereocenters. The second-order valence-corrected chi connectivity index (χ2v) is 3.68. The van der Waals surface area contributed by atoms with Gasteiger partial charge in [-0.1, -0.05) is 36.5 Å². The van der Waals surface area contributed by atoms with Gasteiger partial charge < -0.3 is 5.32 Å². The first kappa shape index (κ1) is 9.20. The van der Waals surface area contributed by atoms with Gasteiger partial charge in [0.2, 0.25) is 0 Å². The van der Waals surface area contributed by atoms with Crippen LogP contribution in [0, 0.1) is 6.92 Å². The summed E-state index contributed by atoms with van der Waals surface area (Å²) in [6.07, 6.45) is 0. The van der Waals surface area contributed by atoms with Gasteiger partial charge >= 0.3 is 0 Å². The van der Waals surface area contributed by atoms with Gasteiger partial charge in [-0.15, -0.1) is 0 Å². The number of aryl methyl sites for hydroxylation is 1. The maximum atomic E-state index is 3.86. The summed E-state index contributed by atoms with van der Waals surface area (Å²) in [5.41, 5.74) is 1.29. The lowest BCUT2D eigenvalue weighted by Gasteiger charge is -2.06. The Morgan fingerprint density at radius 2 is 2.08 bits per heavy atom. The Labute approximate surface area is 77.9 Å². The van der Waals surface area contributed by atoms with Crippen LogP contribution in [0.1, 0.15) is 5.56 Å². The molecule has 0 heterocycles. The third-order valence-electron chi connectivity index (χ3n) is 1.61. The SMILES string of the molecule is C=C(NC)Sc1ccccc1C. The molecular formula is C10H13NS. The molecule has 0 aliphatic heterocycles. The third-order valence-corrected chi connectivity index (χ3v) is 2.73. The molecule has 12 heavy (non-hydrogen) atoms. The molecule has 0 aromatic heterocycles. The van der Waals surface area contributed by atoms with E-state index in [-0.39, 0.29) is 0 Å². The molecule has 64 valence electrons. The minimum Gasteiger partial charge on any atom is -0.383 e. The number of benzene rings is 1. The van der Waals surface area contributed by atoms with E-state index >= 15 is 0 Å². The van der Waals surface area contributed by atoms with Crippen LogP contribution in [-0.4, -0.2) is 7.05 Å². The fraction of sp³-hybridized carbons (Fsp3) is 0.200. The van der Waals surface area contributed by atoms with Crippen molar-refractivity contribution in [2.75, 3.05) is 7.05 Å². The molecule has 0 aliphatic carbocycles. The standard InChI is InChI=1S/C10H13NS/c1-8-6-4-5-7-10(8)12-9(2)11-3/h4-7,11H,2H2,1,3H3. The van der Waals surface area contributed by atoms with Crippen molar-refractivity contribution >= 4 is 11.8 Å². The normalized spacial score (nSPS) is 9.50. The molecular weight excluding hydrogens is 166 g/mol. The summed E-state index contributed by atoms with van der Waals surface area (Å²) in [6, 6.07) is 8.29. The van der Waals surface area contributed by atoms with E-state index in [4.69, 9.17) is 0 Å². The van der Waals surface area contributed by atoms with Crippen LogP contribution in [0.3, 0.4) is 0 Å². The quantitative estimate of drug-likeness (QED) is 0.716. The van der Waals surface area contributed by atoms with E-state index in [1.54, 1.807) is 11.8 Å². The predicted molar refractivity (Wildman–Crippen MR) is 55.2 cm³/mol. The zero-order valence-electron chi connectivity index (χ0n) is 7.42. The van der Waals surface area contributed by atoms with Crippen molar-refractivity contribution < 1.29 is 0 Å². The van der Waals surface area contributed by atoms with Crippen LogP contribution in [-0.2, 0) is 0 Å². The van der Waals surface area contributed by atoms with Crippen LogP contribution >= 0.6 is 11.8 Å². The van der Waals surface area contributed by atoms with Crippen LogP contribution in [0.25, 0.3) is 0 Å². The monoisotopic (exact) mass is 179 g/mol. The highest BCUT2D eigenvalue weighted by molar-refractivity contribution is 8.03. The minimum atomic E-state index is 0.976. The molecule has 0 atom stereocenters. The smallest absolute Gasteiger partial charge is 0.0654 e. The molecule has 1 aromatic carbocycles. The van der Waals surface area contributed by atoms with E-state index in [1.807, 2.05) is 19.2 Å². The fourth-order valence-electron chi connectivity index (χ4n) is 0.855. The maximum Gasteiger partial charge on any atom is 0.0654 e. The fourth-order valence-corrected chi connectivity index (χ4v) is 1.60. The van der Waals surface area contributed by atoms with Crippen molar-refractivity contribution in [3.8, 4) is 0 Å². The molecule has 0 radical (unpaired) electrons. The van der Waals surface area contributed by atoms with Gasteiger partial charge in [0, 0.05) is 11.9 Å². The van der Waals surface area contributed by atoms with Gasteiger partial charge in [0.15, 0.2) is 0 Å². The summed E-state index contributed by atoms with van der Waals surface area (Å²) >= 11 is 1.66. The highest BCUT2D eigenvalue weighted by atomic mass is 32.2. The number of hydrogen-bond acceptors (Lipinski definition) is 2. The lowest BCUT2D eigenvalue weighted by Crippen LogP contribution is -1.99. The van der Waals surface area contributed by atoms with Gasteiger partial charge in [-0.3, -0.25) is 0 Å². The molecule has 2 heteroatoms. The van der Waals surface area contributed by atoms with E-state index in [9.17, 15) is 0 Å². The third kappa shape index (κ3) is 2.31. The van der Waals surface area contributed by atoms with Crippen molar-refractivity contribution in [2.24, 2.45) is 0 Å². The van der Waals surface area contributed by atoms with Crippen LogP contribution in [0.15, 0.2) is 40.8 Å². The maximum absolute atomic E-state index is 3.86. The summed E-state index contributed by atoms with van der Waals surface area (Å²) in [7, 11) is 1.88. The first-order valence-electron chi connectivity index (χ1n) is 3.84. The van der Waals surface area contributed by atoms with E-state index in [2.05, 4.69) is 31.0 Å². The second-order valence-electron chi connectivity index (χ2n) is 2.54. The summed E-state index contributed by atoms with van der Waals surface area (Å²) < 4.78 is 0. The summed E-state index contributed by atoms with van der Waals surface area (Å²) in [4.78, 5) is 1.26. The van der Waals surface area contributed by atoms with Crippen LogP contribution < -0.4 is 5.32 Å². The molecule has 0 bridgehead atoms. The highest BCUT2D eigenvalue weighted by Gasteiger charge is 1.98. The minimum absolute atomic E-state index is 0.976. The molecule has 1 rings (SSSR count). The molecule has 0 saturated carbocycles. The first-order valence-corrected chi connectivity index (χ1v) is 4.66. The Bertz CT molecular complexity index is 281. The van der Waals surface area contributed by atoms with E-state index in [0.29, 0.717) is 0 Å². The zero-order valence-corrected chi connectivity index (χ0v) is 8.24. The molecule has 1 nitrogen and oxygen atoms in total. The van der Waals surface area contributed by atoms with Crippen LogP contribution in [0.2, 0.25) is 0 Å². The average molecular weight is 179 g/mol. The molecule has 0 saturated heterocycles. The van der Waals surface area contributed by atoms with Gasteiger partial charge in [-0.2, -0.15) is 0 Å². The van der Waals surface area contributed by atoms with Crippen molar-refractivity contribution in [1.82, 2.24) is 5.32 Å². The number of rotatable bonds is 3.